The molecule has 0 unspecified atom stereocenters. The number of piperazine rings is 1. The second kappa shape index (κ2) is 7.98. The van der Waals surface area contributed by atoms with Crippen molar-refractivity contribution >= 4 is 22.9 Å². The van der Waals surface area contributed by atoms with Crippen LogP contribution in [0.2, 0.25) is 0 Å². The van der Waals surface area contributed by atoms with Gasteiger partial charge in [0, 0.05) is 50.9 Å². The molecule has 0 aromatic carbocycles. The monoisotopic (exact) mass is 411 g/mol. The van der Waals surface area contributed by atoms with E-state index in [-0.39, 0.29) is 11.8 Å². The number of carbonyl (C=O) groups excluding carboxylic acids is 2. The summed E-state index contributed by atoms with van der Waals surface area (Å²) in [7, 11) is 0. The maximum absolute atomic E-state index is 13.4. The van der Waals surface area contributed by atoms with Gasteiger partial charge in [-0.1, -0.05) is 5.16 Å². The SMILES string of the molecule is Cc1noc2nc(C3CC3)cc(C(=O)N3CCN(CC(=O)N4CCCCC4)CC3)c12. The Balaban J connectivity index is 1.26. The number of hydrogen-bond acceptors (Lipinski definition) is 6. The summed E-state index contributed by atoms with van der Waals surface area (Å²) in [5, 5.41) is 4.76. The molecule has 2 aromatic heterocycles. The van der Waals surface area contributed by atoms with Crippen LogP contribution in [0.1, 0.15) is 59.8 Å². The fourth-order valence-electron chi connectivity index (χ4n) is 4.58. The van der Waals surface area contributed by atoms with E-state index in [2.05, 4.69) is 15.0 Å². The van der Waals surface area contributed by atoms with Crippen molar-refractivity contribution in [2.75, 3.05) is 45.8 Å². The molecule has 1 aliphatic carbocycles. The van der Waals surface area contributed by atoms with Crippen molar-refractivity contribution in [2.24, 2.45) is 0 Å². The normalized spacial score (nSPS) is 20.7. The summed E-state index contributed by atoms with van der Waals surface area (Å²) < 4.78 is 5.38. The smallest absolute Gasteiger partial charge is 0.259 e. The Hall–Kier alpha value is -2.48. The van der Waals surface area contributed by atoms with Gasteiger partial charge in [0.1, 0.15) is 0 Å². The van der Waals surface area contributed by atoms with Gasteiger partial charge < -0.3 is 14.3 Å². The third kappa shape index (κ3) is 3.80. The molecule has 2 saturated heterocycles. The average molecular weight is 412 g/mol. The largest absolute Gasteiger partial charge is 0.342 e. The highest BCUT2D eigenvalue weighted by molar-refractivity contribution is 6.06. The first-order valence-corrected chi connectivity index (χ1v) is 11.2. The Morgan fingerprint density at radius 2 is 1.77 bits per heavy atom. The van der Waals surface area contributed by atoms with Gasteiger partial charge in [0.15, 0.2) is 0 Å². The van der Waals surface area contributed by atoms with E-state index in [4.69, 9.17) is 4.52 Å². The summed E-state index contributed by atoms with van der Waals surface area (Å²) in [6, 6.07) is 1.94. The van der Waals surface area contributed by atoms with Gasteiger partial charge in [0.05, 0.1) is 23.2 Å². The van der Waals surface area contributed by atoms with Crippen molar-refractivity contribution in [3.05, 3.63) is 23.0 Å². The Labute approximate surface area is 176 Å². The zero-order valence-corrected chi connectivity index (χ0v) is 17.6. The Kier molecular flexibility index (Phi) is 5.18. The van der Waals surface area contributed by atoms with E-state index < -0.39 is 0 Å². The summed E-state index contributed by atoms with van der Waals surface area (Å²) in [6.45, 7) is 6.77. The first-order valence-electron chi connectivity index (χ1n) is 11.2. The fourth-order valence-corrected chi connectivity index (χ4v) is 4.58. The molecule has 4 heterocycles. The molecule has 2 amide bonds. The lowest BCUT2D eigenvalue weighted by Gasteiger charge is -2.36. The average Bonchev–Trinajstić information content (AvgIpc) is 3.57. The van der Waals surface area contributed by atoms with E-state index in [0.29, 0.717) is 42.5 Å². The number of fused-ring (bicyclic) bond motifs is 1. The van der Waals surface area contributed by atoms with Crippen LogP contribution in [0.15, 0.2) is 10.6 Å². The van der Waals surface area contributed by atoms with Crippen molar-refractivity contribution in [3.63, 3.8) is 0 Å². The lowest BCUT2D eigenvalue weighted by molar-refractivity contribution is -0.133. The number of aryl methyl sites for hydroxylation is 1. The minimum absolute atomic E-state index is 0.0117. The van der Waals surface area contributed by atoms with Crippen LogP contribution in [0.4, 0.5) is 0 Å². The first-order chi connectivity index (χ1) is 14.6. The van der Waals surface area contributed by atoms with E-state index in [1.165, 1.54) is 6.42 Å². The molecule has 3 aliphatic rings. The zero-order valence-electron chi connectivity index (χ0n) is 17.6. The van der Waals surface area contributed by atoms with Crippen LogP contribution in [-0.4, -0.2) is 82.5 Å². The summed E-state index contributed by atoms with van der Waals surface area (Å²) in [5.41, 5.74) is 2.76. The number of aromatic nitrogens is 2. The summed E-state index contributed by atoms with van der Waals surface area (Å²) in [6.07, 6.45) is 5.67. The lowest BCUT2D eigenvalue weighted by atomic mass is 10.1. The summed E-state index contributed by atoms with van der Waals surface area (Å²) in [4.78, 5) is 36.5. The quantitative estimate of drug-likeness (QED) is 0.767. The molecule has 5 rings (SSSR count). The van der Waals surface area contributed by atoms with Gasteiger partial charge in [0.25, 0.3) is 11.6 Å². The number of pyridine rings is 1. The van der Waals surface area contributed by atoms with Gasteiger partial charge in [0.2, 0.25) is 5.91 Å². The molecule has 30 heavy (non-hydrogen) atoms. The van der Waals surface area contributed by atoms with Crippen molar-refractivity contribution in [2.45, 2.75) is 44.9 Å². The molecule has 0 atom stereocenters. The molecule has 2 aliphatic heterocycles. The van der Waals surface area contributed by atoms with Crippen LogP contribution in [0.3, 0.4) is 0 Å². The molecule has 8 heteroatoms. The second-order valence-electron chi connectivity index (χ2n) is 8.83. The molecular weight excluding hydrogens is 382 g/mol. The molecule has 0 spiro atoms. The van der Waals surface area contributed by atoms with Crippen LogP contribution >= 0.6 is 0 Å². The van der Waals surface area contributed by atoms with Gasteiger partial charge in [-0.05, 0) is 45.1 Å². The van der Waals surface area contributed by atoms with Crippen molar-refractivity contribution in [3.8, 4) is 0 Å². The number of hydrogen-bond donors (Lipinski definition) is 0. The Bertz CT molecular complexity index is 953. The first kappa shape index (κ1) is 19.5. The van der Waals surface area contributed by atoms with Crippen LogP contribution < -0.4 is 0 Å². The molecular formula is C22H29N5O3. The fraction of sp³-hybridized carbons (Fsp3) is 0.636. The second-order valence-corrected chi connectivity index (χ2v) is 8.83. The molecule has 160 valence electrons. The number of piperidine rings is 1. The maximum atomic E-state index is 13.4. The molecule has 0 bridgehead atoms. The molecule has 0 radical (unpaired) electrons. The maximum Gasteiger partial charge on any atom is 0.259 e. The van der Waals surface area contributed by atoms with E-state index >= 15 is 0 Å². The Morgan fingerprint density at radius 3 is 2.47 bits per heavy atom. The number of rotatable bonds is 4. The topological polar surface area (TPSA) is 82.8 Å². The van der Waals surface area contributed by atoms with Gasteiger partial charge in [-0.15, -0.1) is 0 Å². The Morgan fingerprint density at radius 1 is 1.03 bits per heavy atom. The number of amides is 2. The van der Waals surface area contributed by atoms with Crippen LogP contribution in [0.25, 0.3) is 11.1 Å². The predicted octanol–water partition coefficient (Wildman–Crippen LogP) is 2.18. The molecule has 0 N–H and O–H groups in total. The molecule has 2 aromatic rings. The third-order valence-electron chi connectivity index (χ3n) is 6.59. The van der Waals surface area contributed by atoms with E-state index in [1.807, 2.05) is 22.8 Å². The molecule has 3 fully saturated rings. The lowest BCUT2D eigenvalue weighted by Crippen LogP contribution is -2.52. The zero-order chi connectivity index (χ0) is 20.7. The molecule has 8 nitrogen and oxygen atoms in total. The minimum atomic E-state index is 0.0117. The van der Waals surface area contributed by atoms with Gasteiger partial charge in [-0.2, -0.15) is 0 Å². The van der Waals surface area contributed by atoms with E-state index in [9.17, 15) is 9.59 Å². The van der Waals surface area contributed by atoms with Gasteiger partial charge in [-0.25, -0.2) is 4.98 Å². The number of carbonyl (C=O) groups is 2. The van der Waals surface area contributed by atoms with Crippen LogP contribution in [-0.2, 0) is 4.79 Å². The van der Waals surface area contributed by atoms with E-state index in [0.717, 1.165) is 62.9 Å². The van der Waals surface area contributed by atoms with Crippen LogP contribution in [0, 0.1) is 6.92 Å². The van der Waals surface area contributed by atoms with Crippen LogP contribution in [0.5, 0.6) is 0 Å². The summed E-state index contributed by atoms with van der Waals surface area (Å²) in [5.74, 6) is 0.668. The third-order valence-corrected chi connectivity index (χ3v) is 6.59. The minimum Gasteiger partial charge on any atom is -0.342 e. The molecule has 1 saturated carbocycles. The van der Waals surface area contributed by atoms with Crippen molar-refractivity contribution < 1.29 is 14.1 Å². The number of nitrogens with zero attached hydrogens (tertiary/aromatic N) is 5. The van der Waals surface area contributed by atoms with Crippen molar-refractivity contribution in [1.82, 2.24) is 24.8 Å². The highest BCUT2D eigenvalue weighted by Crippen LogP contribution is 2.40. The highest BCUT2D eigenvalue weighted by atomic mass is 16.5. The standard InChI is InChI=1S/C22H29N5O3/c1-15-20-17(13-18(16-5-6-16)23-21(20)30-24-15)22(29)27-11-9-25(10-12-27)14-19(28)26-7-3-2-4-8-26/h13,16H,2-12,14H2,1H3. The summed E-state index contributed by atoms with van der Waals surface area (Å²) >= 11 is 0. The van der Waals surface area contributed by atoms with Gasteiger partial charge in [-0.3, -0.25) is 14.5 Å². The number of likely N-dealkylation sites (tertiary alicyclic amines) is 1. The van der Waals surface area contributed by atoms with Crippen molar-refractivity contribution in [1.29, 1.82) is 0 Å². The van der Waals surface area contributed by atoms with E-state index in [1.54, 1.807) is 0 Å². The predicted molar refractivity (Wildman–Crippen MR) is 111 cm³/mol. The van der Waals surface area contributed by atoms with Gasteiger partial charge >= 0.3 is 0 Å². The highest BCUT2D eigenvalue weighted by Gasteiger charge is 2.31.